The van der Waals surface area contributed by atoms with Gasteiger partial charge in [-0.1, -0.05) is 11.6 Å². The molecule has 1 aromatic carbocycles. The third-order valence-corrected chi connectivity index (χ3v) is 4.39. The van der Waals surface area contributed by atoms with Crippen LogP contribution in [0.25, 0.3) is 0 Å². The number of hydrogen-bond donors (Lipinski definition) is 1. The lowest BCUT2D eigenvalue weighted by atomic mass is 10.2. The normalized spacial score (nSPS) is 11.6. The Kier molecular flexibility index (Phi) is 4.06. The van der Waals surface area contributed by atoms with E-state index < -0.39 is 9.84 Å². The quantitative estimate of drug-likeness (QED) is 0.941. The van der Waals surface area contributed by atoms with E-state index >= 15 is 0 Å². The fourth-order valence-corrected chi connectivity index (χ4v) is 2.71. The average Bonchev–Trinajstić information content (AvgIpc) is 2.65. The van der Waals surface area contributed by atoms with Crippen LogP contribution in [0.3, 0.4) is 0 Å². The molecule has 5 nitrogen and oxygen atoms in total. The Labute approximate surface area is 123 Å². The van der Waals surface area contributed by atoms with E-state index in [-0.39, 0.29) is 4.90 Å². The summed E-state index contributed by atoms with van der Waals surface area (Å²) in [7, 11) is -1.39. The van der Waals surface area contributed by atoms with Gasteiger partial charge in [-0.25, -0.2) is 8.42 Å². The molecule has 108 valence electrons. The van der Waals surface area contributed by atoms with E-state index in [4.69, 9.17) is 11.6 Å². The van der Waals surface area contributed by atoms with Crippen molar-refractivity contribution in [3.63, 3.8) is 0 Å². The van der Waals surface area contributed by atoms with Crippen molar-refractivity contribution in [3.05, 3.63) is 40.7 Å². The molecule has 0 spiro atoms. The van der Waals surface area contributed by atoms with E-state index in [0.29, 0.717) is 17.3 Å². The molecule has 2 aromatic rings. The van der Waals surface area contributed by atoms with Crippen LogP contribution in [0.2, 0.25) is 5.02 Å². The highest BCUT2D eigenvalue weighted by Crippen LogP contribution is 2.26. The molecule has 0 saturated heterocycles. The second-order valence-corrected chi connectivity index (χ2v) is 7.10. The van der Waals surface area contributed by atoms with Gasteiger partial charge in [-0.3, -0.25) is 4.68 Å². The standard InChI is InChI=1S/C13H16ClN3O2S/c1-9-10(8-17(2)16-9)7-15-13-6-11(20(3,18)19)4-5-12(13)14/h4-6,8,15H,7H2,1-3H3. The molecule has 0 bridgehead atoms. The summed E-state index contributed by atoms with van der Waals surface area (Å²) < 4.78 is 24.8. The van der Waals surface area contributed by atoms with Gasteiger partial charge in [0.15, 0.2) is 9.84 Å². The van der Waals surface area contributed by atoms with E-state index in [2.05, 4.69) is 10.4 Å². The van der Waals surface area contributed by atoms with Crippen molar-refractivity contribution in [2.75, 3.05) is 11.6 Å². The van der Waals surface area contributed by atoms with Gasteiger partial charge < -0.3 is 5.32 Å². The minimum atomic E-state index is -3.24. The second kappa shape index (κ2) is 5.46. The summed E-state index contributed by atoms with van der Waals surface area (Å²) >= 11 is 6.08. The lowest BCUT2D eigenvalue weighted by molar-refractivity contribution is 0.602. The van der Waals surface area contributed by atoms with Crippen LogP contribution < -0.4 is 5.32 Å². The third kappa shape index (κ3) is 3.32. The molecular weight excluding hydrogens is 298 g/mol. The number of nitrogens with zero attached hydrogens (tertiary/aromatic N) is 2. The predicted octanol–water partition coefficient (Wildman–Crippen LogP) is 2.40. The number of aryl methyl sites for hydroxylation is 2. The number of hydrogen-bond acceptors (Lipinski definition) is 4. The van der Waals surface area contributed by atoms with Crippen LogP contribution in [0.4, 0.5) is 5.69 Å². The monoisotopic (exact) mass is 313 g/mol. The van der Waals surface area contributed by atoms with E-state index in [9.17, 15) is 8.42 Å². The van der Waals surface area contributed by atoms with Crippen LogP contribution in [0, 0.1) is 6.92 Å². The summed E-state index contributed by atoms with van der Waals surface area (Å²) in [5.41, 5.74) is 2.56. The Hall–Kier alpha value is -1.53. The van der Waals surface area contributed by atoms with Crippen LogP contribution in [0.15, 0.2) is 29.3 Å². The summed E-state index contributed by atoms with van der Waals surface area (Å²) in [5, 5.41) is 7.88. The van der Waals surface area contributed by atoms with Crippen LogP contribution in [0.1, 0.15) is 11.3 Å². The van der Waals surface area contributed by atoms with Gasteiger partial charge in [0.25, 0.3) is 0 Å². The van der Waals surface area contributed by atoms with Gasteiger partial charge in [-0.2, -0.15) is 5.10 Å². The smallest absolute Gasteiger partial charge is 0.175 e. The molecule has 0 fully saturated rings. The molecule has 1 aromatic heterocycles. The van der Waals surface area contributed by atoms with E-state index in [1.54, 1.807) is 16.8 Å². The number of nitrogens with one attached hydrogen (secondary N) is 1. The first-order valence-electron chi connectivity index (χ1n) is 6.00. The van der Waals surface area contributed by atoms with Crippen molar-refractivity contribution < 1.29 is 8.42 Å². The highest BCUT2D eigenvalue weighted by atomic mass is 35.5. The maximum Gasteiger partial charge on any atom is 0.175 e. The van der Waals surface area contributed by atoms with Crippen molar-refractivity contribution in [1.29, 1.82) is 0 Å². The van der Waals surface area contributed by atoms with Crippen molar-refractivity contribution in [2.45, 2.75) is 18.4 Å². The highest BCUT2D eigenvalue weighted by molar-refractivity contribution is 7.90. The molecule has 7 heteroatoms. The molecule has 0 radical (unpaired) electrons. The summed E-state index contributed by atoms with van der Waals surface area (Å²) in [6, 6.07) is 4.62. The van der Waals surface area contributed by atoms with E-state index in [1.165, 1.54) is 12.3 Å². The van der Waals surface area contributed by atoms with E-state index in [0.717, 1.165) is 11.3 Å². The first-order chi connectivity index (χ1) is 9.27. The van der Waals surface area contributed by atoms with Gasteiger partial charge in [0.05, 0.1) is 21.3 Å². The molecule has 20 heavy (non-hydrogen) atoms. The summed E-state index contributed by atoms with van der Waals surface area (Å²) in [6.07, 6.45) is 3.09. The zero-order chi connectivity index (χ0) is 14.9. The fourth-order valence-electron chi connectivity index (χ4n) is 1.88. The fraction of sp³-hybridized carbons (Fsp3) is 0.308. The highest BCUT2D eigenvalue weighted by Gasteiger charge is 2.11. The third-order valence-electron chi connectivity index (χ3n) is 2.95. The molecule has 1 N–H and O–H groups in total. The number of benzene rings is 1. The van der Waals surface area contributed by atoms with Crippen LogP contribution in [-0.4, -0.2) is 24.5 Å². The van der Waals surface area contributed by atoms with E-state index in [1.807, 2.05) is 20.2 Å². The zero-order valence-electron chi connectivity index (χ0n) is 11.5. The first kappa shape index (κ1) is 14.9. The van der Waals surface area contributed by atoms with Gasteiger partial charge in [0, 0.05) is 31.6 Å². The van der Waals surface area contributed by atoms with Gasteiger partial charge >= 0.3 is 0 Å². The Morgan fingerprint density at radius 1 is 1.40 bits per heavy atom. The number of aromatic nitrogens is 2. The molecule has 0 aliphatic heterocycles. The topological polar surface area (TPSA) is 64.0 Å². The number of sulfone groups is 1. The number of rotatable bonds is 4. The Bertz CT molecular complexity index is 738. The average molecular weight is 314 g/mol. The maximum atomic E-state index is 11.5. The molecule has 0 amide bonds. The molecule has 0 aliphatic carbocycles. The van der Waals surface area contributed by atoms with Crippen LogP contribution in [-0.2, 0) is 23.4 Å². The van der Waals surface area contributed by atoms with Gasteiger partial charge in [0.1, 0.15) is 0 Å². The Balaban J connectivity index is 2.23. The second-order valence-electron chi connectivity index (χ2n) is 4.68. The first-order valence-corrected chi connectivity index (χ1v) is 8.27. The largest absolute Gasteiger partial charge is 0.380 e. The van der Waals surface area contributed by atoms with Gasteiger partial charge in [0.2, 0.25) is 0 Å². The minimum absolute atomic E-state index is 0.243. The number of anilines is 1. The Morgan fingerprint density at radius 2 is 2.10 bits per heavy atom. The molecule has 2 rings (SSSR count). The van der Waals surface area contributed by atoms with Gasteiger partial charge in [-0.05, 0) is 25.1 Å². The summed E-state index contributed by atoms with van der Waals surface area (Å²) in [6.45, 7) is 2.46. The molecular formula is C13H16ClN3O2S. The SMILES string of the molecule is Cc1nn(C)cc1CNc1cc(S(C)(=O)=O)ccc1Cl. The summed E-state index contributed by atoms with van der Waals surface area (Å²) in [4.78, 5) is 0.243. The minimum Gasteiger partial charge on any atom is -0.380 e. The zero-order valence-corrected chi connectivity index (χ0v) is 13.1. The lowest BCUT2D eigenvalue weighted by Crippen LogP contribution is -2.03. The molecule has 0 atom stereocenters. The van der Waals surface area contributed by atoms with Crippen molar-refractivity contribution in [2.24, 2.45) is 7.05 Å². The van der Waals surface area contributed by atoms with Crippen molar-refractivity contribution >= 4 is 27.1 Å². The van der Waals surface area contributed by atoms with Gasteiger partial charge in [-0.15, -0.1) is 0 Å². The molecule has 0 unspecified atom stereocenters. The number of halogens is 1. The molecule has 0 aliphatic rings. The maximum absolute atomic E-state index is 11.5. The van der Waals surface area contributed by atoms with Crippen molar-refractivity contribution in [3.8, 4) is 0 Å². The Morgan fingerprint density at radius 3 is 2.65 bits per heavy atom. The van der Waals surface area contributed by atoms with Crippen LogP contribution >= 0.6 is 11.6 Å². The van der Waals surface area contributed by atoms with Crippen molar-refractivity contribution in [1.82, 2.24) is 9.78 Å². The lowest BCUT2D eigenvalue weighted by Gasteiger charge is -2.09. The van der Waals surface area contributed by atoms with Crippen LogP contribution in [0.5, 0.6) is 0 Å². The molecule has 1 heterocycles. The predicted molar refractivity (Wildman–Crippen MR) is 79.8 cm³/mol. The summed E-state index contributed by atoms with van der Waals surface area (Å²) in [5.74, 6) is 0. The molecule has 0 saturated carbocycles.